The van der Waals surface area contributed by atoms with E-state index >= 15 is 0 Å². The van der Waals surface area contributed by atoms with Gasteiger partial charge in [-0.05, 0) is 43.9 Å². The van der Waals surface area contributed by atoms with E-state index in [1.165, 1.54) is 0 Å². The number of amides is 1. The van der Waals surface area contributed by atoms with Crippen LogP contribution in [0.4, 0.5) is 0 Å². The Morgan fingerprint density at radius 1 is 1.11 bits per heavy atom. The van der Waals surface area contributed by atoms with Gasteiger partial charge in [-0.3, -0.25) is 9.59 Å². The van der Waals surface area contributed by atoms with Crippen molar-refractivity contribution >= 4 is 16.9 Å². The van der Waals surface area contributed by atoms with Crippen LogP contribution in [0.15, 0.2) is 57.7 Å². The number of benzene rings is 2. The third kappa shape index (κ3) is 2.96. The van der Waals surface area contributed by atoms with Crippen LogP contribution in [0.1, 0.15) is 27.7 Å². The number of nitrogens with zero attached hydrogens (tertiary/aromatic N) is 2. The molecule has 1 aliphatic heterocycles. The van der Waals surface area contributed by atoms with E-state index in [4.69, 9.17) is 9.15 Å². The first kappa shape index (κ1) is 18.3. The second kappa shape index (κ2) is 7.13. The highest BCUT2D eigenvalue weighted by Crippen LogP contribution is 2.38. The van der Waals surface area contributed by atoms with Gasteiger partial charge in [0.05, 0.1) is 24.1 Å². The van der Waals surface area contributed by atoms with Crippen molar-refractivity contribution in [1.82, 2.24) is 9.80 Å². The summed E-state index contributed by atoms with van der Waals surface area (Å²) in [5.74, 6) is 0.555. The van der Waals surface area contributed by atoms with Crippen LogP contribution in [0.5, 0.6) is 5.75 Å². The Hall–Kier alpha value is -3.12. The number of carbonyl (C=O) groups is 1. The first-order chi connectivity index (χ1) is 13.5. The molecule has 1 amide bonds. The molecule has 2 aromatic carbocycles. The van der Waals surface area contributed by atoms with Gasteiger partial charge in [-0.1, -0.05) is 24.3 Å². The van der Waals surface area contributed by atoms with E-state index in [-0.39, 0.29) is 17.1 Å². The minimum absolute atomic E-state index is 0.135. The van der Waals surface area contributed by atoms with Crippen LogP contribution in [-0.4, -0.2) is 50.0 Å². The molecule has 2 heterocycles. The third-order valence-electron chi connectivity index (χ3n) is 5.07. The van der Waals surface area contributed by atoms with Gasteiger partial charge in [0.2, 0.25) is 5.76 Å². The van der Waals surface area contributed by atoms with Gasteiger partial charge in [0.1, 0.15) is 11.3 Å². The lowest BCUT2D eigenvalue weighted by Gasteiger charge is -2.26. The molecule has 1 atom stereocenters. The SMILES string of the molecule is COc1cccc([C@@H]2c3c(oc4ccccc4c3=O)C(=O)N2CCN(C)C)c1. The average molecular weight is 378 g/mol. The fraction of sp³-hybridized carbons (Fsp3) is 0.273. The van der Waals surface area contributed by atoms with E-state index in [2.05, 4.69) is 0 Å². The van der Waals surface area contributed by atoms with Gasteiger partial charge in [0, 0.05) is 13.1 Å². The Balaban J connectivity index is 1.93. The molecule has 28 heavy (non-hydrogen) atoms. The molecule has 0 fully saturated rings. The van der Waals surface area contributed by atoms with Crippen LogP contribution in [0.25, 0.3) is 11.0 Å². The quantitative estimate of drug-likeness (QED) is 0.683. The van der Waals surface area contributed by atoms with Crippen molar-refractivity contribution in [3.63, 3.8) is 0 Å². The molecule has 0 radical (unpaired) electrons. The maximum Gasteiger partial charge on any atom is 0.290 e. The Bertz CT molecular complexity index is 1100. The Kier molecular flexibility index (Phi) is 4.65. The molecule has 0 saturated carbocycles. The highest BCUT2D eigenvalue weighted by atomic mass is 16.5. The Morgan fingerprint density at radius 2 is 1.89 bits per heavy atom. The first-order valence-corrected chi connectivity index (χ1v) is 9.16. The molecule has 3 aromatic rings. The molecule has 0 saturated heterocycles. The van der Waals surface area contributed by atoms with E-state index in [0.29, 0.717) is 35.4 Å². The van der Waals surface area contributed by atoms with Crippen LogP contribution >= 0.6 is 0 Å². The Labute approximate surface area is 162 Å². The first-order valence-electron chi connectivity index (χ1n) is 9.16. The predicted octanol–water partition coefficient (Wildman–Crippen LogP) is 2.91. The van der Waals surface area contributed by atoms with Crippen LogP contribution in [-0.2, 0) is 0 Å². The lowest BCUT2D eigenvalue weighted by Crippen LogP contribution is -2.35. The molecule has 0 unspecified atom stereocenters. The standard InChI is InChI=1S/C22H22N2O4/c1-23(2)11-12-24-19(14-7-6-8-15(13-14)27-3)18-20(25)16-9-4-5-10-17(16)28-21(18)22(24)26/h4-10,13,19H,11-12H2,1-3H3/t19-/m1/s1. The average Bonchev–Trinajstić information content (AvgIpc) is 2.99. The fourth-order valence-corrected chi connectivity index (χ4v) is 3.66. The monoisotopic (exact) mass is 378 g/mol. The normalized spacial score (nSPS) is 16.1. The Morgan fingerprint density at radius 3 is 2.64 bits per heavy atom. The molecule has 0 spiro atoms. The van der Waals surface area contributed by atoms with Crippen molar-refractivity contribution in [2.24, 2.45) is 0 Å². The van der Waals surface area contributed by atoms with Crippen LogP contribution in [0.2, 0.25) is 0 Å². The summed E-state index contributed by atoms with van der Waals surface area (Å²) in [6.07, 6.45) is 0. The number of fused-ring (bicyclic) bond motifs is 2. The molecule has 6 nitrogen and oxygen atoms in total. The number of para-hydroxylation sites is 1. The number of hydrogen-bond donors (Lipinski definition) is 0. The number of rotatable bonds is 5. The molecule has 144 valence electrons. The van der Waals surface area contributed by atoms with E-state index in [1.807, 2.05) is 43.3 Å². The number of ether oxygens (including phenoxy) is 1. The van der Waals surface area contributed by atoms with E-state index in [0.717, 1.165) is 5.56 Å². The summed E-state index contributed by atoms with van der Waals surface area (Å²) in [6, 6.07) is 14.0. The minimum Gasteiger partial charge on any atom is -0.497 e. The van der Waals surface area contributed by atoms with Gasteiger partial charge in [0.15, 0.2) is 5.43 Å². The second-order valence-corrected chi connectivity index (χ2v) is 7.15. The summed E-state index contributed by atoms with van der Waals surface area (Å²) >= 11 is 0. The molecule has 0 aliphatic carbocycles. The topological polar surface area (TPSA) is 63.0 Å². The van der Waals surface area contributed by atoms with Crippen molar-refractivity contribution in [3.05, 3.63) is 75.6 Å². The molecule has 0 bridgehead atoms. The van der Waals surface area contributed by atoms with E-state index in [1.54, 1.807) is 36.3 Å². The summed E-state index contributed by atoms with van der Waals surface area (Å²) < 4.78 is 11.3. The van der Waals surface area contributed by atoms with Crippen LogP contribution in [0.3, 0.4) is 0 Å². The number of carbonyl (C=O) groups excluding carboxylic acids is 1. The van der Waals surface area contributed by atoms with Crippen molar-refractivity contribution in [2.75, 3.05) is 34.3 Å². The molecular weight excluding hydrogens is 356 g/mol. The van der Waals surface area contributed by atoms with E-state index in [9.17, 15) is 9.59 Å². The lowest BCUT2D eigenvalue weighted by atomic mass is 9.98. The third-order valence-corrected chi connectivity index (χ3v) is 5.07. The van der Waals surface area contributed by atoms with Gasteiger partial charge in [0.25, 0.3) is 5.91 Å². The van der Waals surface area contributed by atoms with Crippen LogP contribution in [0, 0.1) is 0 Å². The van der Waals surface area contributed by atoms with Gasteiger partial charge in [-0.15, -0.1) is 0 Å². The number of hydrogen-bond acceptors (Lipinski definition) is 5. The zero-order valence-electron chi connectivity index (χ0n) is 16.1. The fourth-order valence-electron chi connectivity index (χ4n) is 3.66. The number of methoxy groups -OCH3 is 1. The summed E-state index contributed by atoms with van der Waals surface area (Å²) in [4.78, 5) is 30.2. The predicted molar refractivity (Wildman–Crippen MR) is 107 cm³/mol. The highest BCUT2D eigenvalue weighted by molar-refractivity contribution is 5.99. The van der Waals surface area contributed by atoms with Gasteiger partial charge in [-0.2, -0.15) is 0 Å². The summed E-state index contributed by atoms with van der Waals surface area (Å²) in [7, 11) is 5.50. The molecule has 4 rings (SSSR count). The molecule has 1 aliphatic rings. The number of likely N-dealkylation sites (N-methyl/N-ethyl adjacent to an activating group) is 1. The van der Waals surface area contributed by atoms with Crippen molar-refractivity contribution in [2.45, 2.75) is 6.04 Å². The molecule has 0 N–H and O–H groups in total. The second-order valence-electron chi connectivity index (χ2n) is 7.15. The lowest BCUT2D eigenvalue weighted by molar-refractivity contribution is 0.0716. The zero-order valence-corrected chi connectivity index (χ0v) is 16.1. The maximum absolute atomic E-state index is 13.3. The van der Waals surface area contributed by atoms with Crippen molar-refractivity contribution < 1.29 is 13.9 Å². The van der Waals surface area contributed by atoms with Gasteiger partial charge < -0.3 is 19.0 Å². The molecule has 6 heteroatoms. The van der Waals surface area contributed by atoms with Crippen molar-refractivity contribution in [1.29, 1.82) is 0 Å². The largest absolute Gasteiger partial charge is 0.497 e. The van der Waals surface area contributed by atoms with Crippen molar-refractivity contribution in [3.8, 4) is 5.75 Å². The van der Waals surface area contributed by atoms with E-state index < -0.39 is 6.04 Å². The summed E-state index contributed by atoms with van der Waals surface area (Å²) in [5.41, 5.74) is 1.49. The zero-order chi connectivity index (χ0) is 19.8. The van der Waals surface area contributed by atoms with Crippen LogP contribution < -0.4 is 10.2 Å². The summed E-state index contributed by atoms with van der Waals surface area (Å²) in [5, 5.41) is 0.483. The smallest absolute Gasteiger partial charge is 0.290 e. The van der Waals surface area contributed by atoms with Gasteiger partial charge in [-0.25, -0.2) is 0 Å². The molecule has 1 aromatic heterocycles. The minimum atomic E-state index is -0.501. The summed E-state index contributed by atoms with van der Waals surface area (Å²) in [6.45, 7) is 1.15. The van der Waals surface area contributed by atoms with Gasteiger partial charge >= 0.3 is 0 Å². The highest BCUT2D eigenvalue weighted by Gasteiger charge is 2.42. The molecular formula is C22H22N2O4. The maximum atomic E-state index is 13.3.